The molecule has 1 aliphatic carbocycles. The number of nitrogens with one attached hydrogen (secondary N) is 1. The molecule has 0 spiro atoms. The van der Waals surface area contributed by atoms with Crippen LogP contribution in [-0.4, -0.2) is 42.3 Å². The Labute approximate surface area is 130 Å². The Morgan fingerprint density at radius 3 is 2.77 bits per heavy atom. The molecule has 0 aromatic heterocycles. The second-order valence-corrected chi connectivity index (χ2v) is 5.48. The lowest BCUT2D eigenvalue weighted by molar-refractivity contribution is 0.144. The Hall–Kier alpha value is -1.82. The van der Waals surface area contributed by atoms with Crippen molar-refractivity contribution in [1.82, 2.24) is 4.90 Å². The maximum Gasteiger partial charge on any atom is 0.322 e. The maximum atomic E-state index is 13.8. The number of halogens is 1. The maximum absolute atomic E-state index is 13.8. The molecule has 2 amide bonds. The number of ether oxygens (including phenoxy) is 1. The Bertz CT molecular complexity index is 504. The zero-order valence-electron chi connectivity index (χ0n) is 12.8. The average molecular weight is 310 g/mol. The first kappa shape index (κ1) is 16.5. The number of methoxy groups -OCH3 is 1. The minimum Gasteiger partial charge on any atom is -0.497 e. The first-order valence-electron chi connectivity index (χ1n) is 7.67. The molecule has 6 heteroatoms. The second-order valence-electron chi connectivity index (χ2n) is 5.48. The second kappa shape index (κ2) is 7.98. The minimum atomic E-state index is -0.512. The van der Waals surface area contributed by atoms with E-state index in [2.05, 4.69) is 5.32 Å². The van der Waals surface area contributed by atoms with Crippen LogP contribution in [0.4, 0.5) is 14.9 Å². The van der Waals surface area contributed by atoms with Gasteiger partial charge in [-0.25, -0.2) is 9.18 Å². The number of carbonyl (C=O) groups is 1. The number of urea groups is 1. The van der Waals surface area contributed by atoms with E-state index in [9.17, 15) is 14.3 Å². The van der Waals surface area contributed by atoms with Crippen LogP contribution in [0.2, 0.25) is 0 Å². The highest BCUT2D eigenvalue weighted by atomic mass is 19.1. The summed E-state index contributed by atoms with van der Waals surface area (Å²) in [5.41, 5.74) is 0.0862. The van der Waals surface area contributed by atoms with Gasteiger partial charge in [0, 0.05) is 18.7 Å². The Balaban J connectivity index is 2.10. The lowest BCUT2D eigenvalue weighted by atomic mass is 9.94. The van der Waals surface area contributed by atoms with Gasteiger partial charge in [0.2, 0.25) is 0 Å². The lowest BCUT2D eigenvalue weighted by Gasteiger charge is -2.34. The number of amides is 2. The number of carbonyl (C=O) groups excluding carboxylic acids is 1. The van der Waals surface area contributed by atoms with Gasteiger partial charge in [-0.2, -0.15) is 0 Å². The van der Waals surface area contributed by atoms with Crippen molar-refractivity contribution in [2.45, 2.75) is 38.1 Å². The van der Waals surface area contributed by atoms with Crippen molar-refractivity contribution < 1.29 is 19.0 Å². The summed E-state index contributed by atoms with van der Waals surface area (Å²) < 4.78 is 18.9. The van der Waals surface area contributed by atoms with Crippen LogP contribution < -0.4 is 10.1 Å². The molecule has 0 bridgehead atoms. The van der Waals surface area contributed by atoms with Crippen LogP contribution in [0, 0.1) is 5.82 Å². The number of hydrogen-bond donors (Lipinski definition) is 2. The van der Waals surface area contributed by atoms with Crippen molar-refractivity contribution >= 4 is 11.7 Å². The van der Waals surface area contributed by atoms with Crippen LogP contribution in [0.1, 0.15) is 32.1 Å². The third-order valence-corrected chi connectivity index (χ3v) is 4.03. The van der Waals surface area contributed by atoms with Crippen molar-refractivity contribution in [2.75, 3.05) is 25.6 Å². The summed E-state index contributed by atoms with van der Waals surface area (Å²) in [6, 6.07) is 3.93. The largest absolute Gasteiger partial charge is 0.497 e. The van der Waals surface area contributed by atoms with Gasteiger partial charge in [0.05, 0.1) is 19.4 Å². The SMILES string of the molecule is COc1ccc(F)c(NC(=O)N(CCO)C2CCCCC2)c1. The van der Waals surface area contributed by atoms with E-state index >= 15 is 0 Å². The van der Waals surface area contributed by atoms with Gasteiger partial charge < -0.3 is 20.1 Å². The fourth-order valence-electron chi connectivity index (χ4n) is 2.86. The molecule has 1 aromatic rings. The van der Waals surface area contributed by atoms with Crippen molar-refractivity contribution in [3.63, 3.8) is 0 Å². The molecule has 5 nitrogen and oxygen atoms in total. The molecule has 1 saturated carbocycles. The van der Waals surface area contributed by atoms with Crippen LogP contribution in [0.5, 0.6) is 5.75 Å². The molecule has 0 saturated heterocycles. The zero-order chi connectivity index (χ0) is 15.9. The van der Waals surface area contributed by atoms with Gasteiger partial charge in [-0.05, 0) is 25.0 Å². The molecule has 0 heterocycles. The summed E-state index contributed by atoms with van der Waals surface area (Å²) >= 11 is 0. The van der Waals surface area contributed by atoms with Gasteiger partial charge in [-0.3, -0.25) is 0 Å². The van der Waals surface area contributed by atoms with Gasteiger partial charge in [0.15, 0.2) is 0 Å². The van der Waals surface area contributed by atoms with E-state index in [4.69, 9.17) is 4.74 Å². The molecular formula is C16H23FN2O3. The van der Waals surface area contributed by atoms with Crippen molar-refractivity contribution in [3.05, 3.63) is 24.0 Å². The minimum absolute atomic E-state index is 0.0862. The molecule has 0 unspecified atom stereocenters. The predicted octanol–water partition coefficient (Wildman–Crippen LogP) is 2.99. The average Bonchev–Trinajstić information content (AvgIpc) is 2.55. The summed E-state index contributed by atoms with van der Waals surface area (Å²) in [5.74, 6) is -0.0372. The van der Waals surface area contributed by atoms with E-state index in [-0.39, 0.29) is 30.9 Å². The number of aliphatic hydroxyl groups excluding tert-OH is 1. The summed E-state index contributed by atoms with van der Waals surface area (Å²) in [5, 5.41) is 11.8. The first-order chi connectivity index (χ1) is 10.7. The third kappa shape index (κ3) is 4.10. The van der Waals surface area contributed by atoms with E-state index in [1.807, 2.05) is 0 Å². The van der Waals surface area contributed by atoms with Crippen LogP contribution in [-0.2, 0) is 0 Å². The first-order valence-corrected chi connectivity index (χ1v) is 7.67. The summed E-state index contributed by atoms with van der Waals surface area (Å²) in [6.45, 7) is 0.145. The molecule has 0 atom stereocenters. The Morgan fingerprint density at radius 1 is 1.41 bits per heavy atom. The highest BCUT2D eigenvalue weighted by Crippen LogP contribution is 2.25. The van der Waals surface area contributed by atoms with Gasteiger partial charge in [-0.1, -0.05) is 19.3 Å². The van der Waals surface area contributed by atoms with Crippen LogP contribution in [0.25, 0.3) is 0 Å². The van der Waals surface area contributed by atoms with Crippen LogP contribution >= 0.6 is 0 Å². The van der Waals surface area contributed by atoms with Crippen molar-refractivity contribution in [2.24, 2.45) is 0 Å². The smallest absolute Gasteiger partial charge is 0.322 e. The van der Waals surface area contributed by atoms with Crippen molar-refractivity contribution in [3.8, 4) is 5.75 Å². The molecule has 1 fully saturated rings. The number of anilines is 1. The molecule has 0 radical (unpaired) electrons. The Morgan fingerprint density at radius 2 is 2.14 bits per heavy atom. The summed E-state index contributed by atoms with van der Waals surface area (Å²) in [6.07, 6.45) is 5.18. The molecule has 2 N–H and O–H groups in total. The van der Waals surface area contributed by atoms with Gasteiger partial charge in [-0.15, -0.1) is 0 Å². The fourth-order valence-corrected chi connectivity index (χ4v) is 2.86. The monoisotopic (exact) mass is 310 g/mol. The number of aliphatic hydroxyl groups is 1. The van der Waals surface area contributed by atoms with E-state index in [0.717, 1.165) is 25.7 Å². The highest BCUT2D eigenvalue weighted by molar-refractivity contribution is 5.90. The fraction of sp³-hybridized carbons (Fsp3) is 0.562. The van der Waals surface area contributed by atoms with E-state index in [1.54, 1.807) is 4.90 Å². The van der Waals surface area contributed by atoms with Gasteiger partial charge >= 0.3 is 6.03 Å². The summed E-state index contributed by atoms with van der Waals surface area (Å²) in [7, 11) is 1.49. The van der Waals surface area contributed by atoms with E-state index < -0.39 is 5.82 Å². The zero-order valence-corrected chi connectivity index (χ0v) is 12.8. The van der Waals surface area contributed by atoms with E-state index in [1.165, 1.54) is 31.7 Å². The third-order valence-electron chi connectivity index (χ3n) is 4.03. The van der Waals surface area contributed by atoms with E-state index in [0.29, 0.717) is 5.75 Å². The lowest BCUT2D eigenvalue weighted by Crippen LogP contribution is -2.45. The number of nitrogens with zero attached hydrogens (tertiary/aromatic N) is 1. The predicted molar refractivity (Wildman–Crippen MR) is 82.6 cm³/mol. The topological polar surface area (TPSA) is 61.8 Å². The normalized spacial score (nSPS) is 15.4. The van der Waals surface area contributed by atoms with Crippen LogP contribution in [0.3, 0.4) is 0 Å². The number of hydrogen-bond acceptors (Lipinski definition) is 3. The number of rotatable bonds is 5. The molecule has 0 aliphatic heterocycles. The summed E-state index contributed by atoms with van der Waals surface area (Å²) in [4.78, 5) is 14.1. The molecular weight excluding hydrogens is 287 g/mol. The molecule has 122 valence electrons. The standard InChI is InChI=1S/C16H23FN2O3/c1-22-13-7-8-14(17)15(11-13)18-16(21)19(9-10-20)12-5-3-2-4-6-12/h7-8,11-12,20H,2-6,9-10H2,1H3,(H,18,21). The van der Waals surface area contributed by atoms with Gasteiger partial charge in [0.25, 0.3) is 0 Å². The number of benzene rings is 1. The Kier molecular flexibility index (Phi) is 6.00. The molecule has 1 aromatic carbocycles. The van der Waals surface area contributed by atoms with Gasteiger partial charge in [0.1, 0.15) is 11.6 Å². The van der Waals surface area contributed by atoms with Crippen molar-refractivity contribution in [1.29, 1.82) is 0 Å². The quantitative estimate of drug-likeness (QED) is 0.879. The highest BCUT2D eigenvalue weighted by Gasteiger charge is 2.25. The molecule has 2 rings (SSSR count). The molecule has 22 heavy (non-hydrogen) atoms. The van der Waals surface area contributed by atoms with Crippen LogP contribution in [0.15, 0.2) is 18.2 Å². The molecule has 1 aliphatic rings.